The molecule has 1 unspecified atom stereocenters. The van der Waals surface area contributed by atoms with Gasteiger partial charge in [-0.15, -0.1) is 0 Å². The Balaban J connectivity index is 0. The van der Waals surface area contributed by atoms with E-state index in [1.165, 1.54) is 103 Å². The van der Waals surface area contributed by atoms with Crippen molar-refractivity contribution in [3.05, 3.63) is 0 Å². The van der Waals surface area contributed by atoms with E-state index in [4.69, 9.17) is 0 Å². The minimum atomic E-state index is -4.19. The molecule has 0 rings (SSSR count). The summed E-state index contributed by atoms with van der Waals surface area (Å²) in [6.07, 6.45) is 22.7. The van der Waals surface area contributed by atoms with E-state index in [2.05, 4.69) is 12.2 Å². The van der Waals surface area contributed by atoms with Crippen LogP contribution in [0, 0.1) is 0 Å². The fourth-order valence-corrected chi connectivity index (χ4v) is 3.58. The van der Waals surface area contributed by atoms with Crippen LogP contribution in [0.25, 0.3) is 0 Å². The first-order chi connectivity index (χ1) is 12.5. The van der Waals surface area contributed by atoms with E-state index in [0.717, 1.165) is 12.8 Å². The SMILES string of the molecule is CCCCCCCCCCCCCCCCCCCNC(C)S(=O)(=O)[O-].[Na+]. The van der Waals surface area contributed by atoms with Crippen LogP contribution in [0.15, 0.2) is 0 Å². The van der Waals surface area contributed by atoms with E-state index < -0.39 is 15.5 Å². The molecular weight excluding hydrogens is 369 g/mol. The third-order valence-electron chi connectivity index (χ3n) is 5.15. The van der Waals surface area contributed by atoms with Crippen LogP contribution >= 0.6 is 0 Å². The van der Waals surface area contributed by atoms with Crippen LogP contribution in [0.5, 0.6) is 0 Å². The second-order valence-electron chi connectivity index (χ2n) is 7.75. The van der Waals surface area contributed by atoms with Gasteiger partial charge in [-0.2, -0.15) is 0 Å². The Labute approximate surface area is 192 Å². The minimum absolute atomic E-state index is 0. The van der Waals surface area contributed by atoms with Crippen molar-refractivity contribution in [2.75, 3.05) is 6.54 Å². The van der Waals surface area contributed by atoms with Gasteiger partial charge in [-0.1, -0.05) is 110 Å². The van der Waals surface area contributed by atoms with Crippen molar-refractivity contribution in [1.82, 2.24) is 5.32 Å². The zero-order chi connectivity index (χ0) is 19.5. The molecule has 158 valence electrons. The molecule has 0 aromatic rings. The maximum absolute atomic E-state index is 10.7. The van der Waals surface area contributed by atoms with Crippen molar-refractivity contribution < 1.29 is 42.5 Å². The van der Waals surface area contributed by atoms with Gasteiger partial charge < -0.3 is 9.87 Å². The predicted octanol–water partition coefficient (Wildman–Crippen LogP) is 3.12. The number of hydrogen-bond donors (Lipinski definition) is 1. The Morgan fingerprint density at radius 3 is 1.26 bits per heavy atom. The van der Waals surface area contributed by atoms with Gasteiger partial charge in [-0.3, -0.25) is 0 Å². The first-order valence-electron chi connectivity index (χ1n) is 11.2. The molecule has 0 amide bonds. The first-order valence-corrected chi connectivity index (χ1v) is 12.6. The molecule has 27 heavy (non-hydrogen) atoms. The number of unbranched alkanes of at least 4 members (excludes halogenated alkanes) is 16. The predicted molar refractivity (Wildman–Crippen MR) is 111 cm³/mol. The second kappa shape index (κ2) is 21.6. The Morgan fingerprint density at radius 2 is 0.963 bits per heavy atom. The summed E-state index contributed by atoms with van der Waals surface area (Å²) in [5.41, 5.74) is 0. The standard InChI is InChI=1S/C21H45NO3S.Na/c1-3-4-5-6-7-8-9-10-11-12-13-14-15-16-17-18-19-20-22-21(2)26(23,24)25;/h21-22H,3-20H2,1-2H3,(H,23,24,25);/q;+1/p-1. The van der Waals surface area contributed by atoms with Gasteiger partial charge in [0.2, 0.25) is 0 Å². The van der Waals surface area contributed by atoms with Gasteiger partial charge >= 0.3 is 29.6 Å². The van der Waals surface area contributed by atoms with Crippen molar-refractivity contribution in [2.45, 2.75) is 128 Å². The van der Waals surface area contributed by atoms with Gasteiger partial charge in [0.25, 0.3) is 0 Å². The van der Waals surface area contributed by atoms with Crippen molar-refractivity contribution >= 4 is 10.1 Å². The molecule has 0 aliphatic carbocycles. The summed E-state index contributed by atoms with van der Waals surface area (Å²) in [7, 11) is -4.19. The van der Waals surface area contributed by atoms with E-state index >= 15 is 0 Å². The smallest absolute Gasteiger partial charge is 0.747 e. The van der Waals surface area contributed by atoms with Gasteiger partial charge in [-0.25, -0.2) is 8.42 Å². The maximum atomic E-state index is 10.7. The van der Waals surface area contributed by atoms with Crippen LogP contribution in [0.4, 0.5) is 0 Å². The molecular formula is C21H44NNaO3S. The molecule has 0 bridgehead atoms. The quantitative estimate of drug-likeness (QED) is 0.189. The largest absolute Gasteiger partial charge is 1.00 e. The zero-order valence-electron chi connectivity index (χ0n) is 18.4. The molecule has 0 radical (unpaired) electrons. The Kier molecular flexibility index (Phi) is 24.0. The number of rotatable bonds is 20. The fourth-order valence-electron chi connectivity index (χ4n) is 3.26. The molecule has 0 aromatic heterocycles. The van der Waals surface area contributed by atoms with E-state index in [1.807, 2.05) is 0 Å². The summed E-state index contributed by atoms with van der Waals surface area (Å²) in [6.45, 7) is 4.30. The molecule has 0 aliphatic heterocycles. The summed E-state index contributed by atoms with van der Waals surface area (Å²) in [5, 5.41) is 1.81. The molecule has 4 nitrogen and oxygen atoms in total. The summed E-state index contributed by atoms with van der Waals surface area (Å²) < 4.78 is 32.2. The third kappa shape index (κ3) is 23.0. The Hall–Kier alpha value is 0.870. The van der Waals surface area contributed by atoms with Gasteiger partial charge in [0, 0.05) is 0 Å². The average molecular weight is 414 g/mol. The van der Waals surface area contributed by atoms with Gasteiger partial charge in [-0.05, 0) is 19.9 Å². The molecule has 0 saturated heterocycles. The molecule has 0 aromatic carbocycles. The monoisotopic (exact) mass is 413 g/mol. The molecule has 0 fully saturated rings. The van der Waals surface area contributed by atoms with Crippen LogP contribution in [0.3, 0.4) is 0 Å². The van der Waals surface area contributed by atoms with E-state index in [-0.39, 0.29) is 29.6 Å². The van der Waals surface area contributed by atoms with Crippen LogP contribution < -0.4 is 34.9 Å². The van der Waals surface area contributed by atoms with Crippen molar-refractivity contribution in [2.24, 2.45) is 0 Å². The van der Waals surface area contributed by atoms with Gasteiger partial charge in [0.05, 0.1) is 5.37 Å². The summed E-state index contributed by atoms with van der Waals surface area (Å²) in [6, 6.07) is 0. The van der Waals surface area contributed by atoms with Crippen LogP contribution in [-0.2, 0) is 10.1 Å². The molecule has 1 N–H and O–H groups in total. The van der Waals surface area contributed by atoms with Crippen molar-refractivity contribution in [3.63, 3.8) is 0 Å². The van der Waals surface area contributed by atoms with E-state index in [1.54, 1.807) is 0 Å². The second-order valence-corrected chi connectivity index (χ2v) is 9.44. The van der Waals surface area contributed by atoms with Crippen molar-refractivity contribution in [1.29, 1.82) is 0 Å². The number of nitrogens with one attached hydrogen (secondary N) is 1. The average Bonchev–Trinajstić information content (AvgIpc) is 2.59. The summed E-state index contributed by atoms with van der Waals surface area (Å²) >= 11 is 0. The third-order valence-corrected chi connectivity index (χ3v) is 6.18. The van der Waals surface area contributed by atoms with Gasteiger partial charge in [0.15, 0.2) is 0 Å². The van der Waals surface area contributed by atoms with E-state index in [0.29, 0.717) is 6.54 Å². The molecule has 0 saturated carbocycles. The maximum Gasteiger partial charge on any atom is 1.00 e. The zero-order valence-corrected chi connectivity index (χ0v) is 21.3. The minimum Gasteiger partial charge on any atom is -0.747 e. The summed E-state index contributed by atoms with van der Waals surface area (Å²) in [5.74, 6) is 0. The van der Waals surface area contributed by atoms with Gasteiger partial charge in [0.1, 0.15) is 10.1 Å². The van der Waals surface area contributed by atoms with Crippen LogP contribution in [0.1, 0.15) is 123 Å². The topological polar surface area (TPSA) is 69.2 Å². The van der Waals surface area contributed by atoms with Crippen LogP contribution in [0.2, 0.25) is 0 Å². The van der Waals surface area contributed by atoms with Crippen molar-refractivity contribution in [3.8, 4) is 0 Å². The fraction of sp³-hybridized carbons (Fsp3) is 1.00. The summed E-state index contributed by atoms with van der Waals surface area (Å²) in [4.78, 5) is 0. The van der Waals surface area contributed by atoms with Crippen LogP contribution in [-0.4, -0.2) is 24.9 Å². The Morgan fingerprint density at radius 1 is 0.667 bits per heavy atom. The molecule has 0 spiro atoms. The molecule has 0 heterocycles. The molecule has 0 aliphatic rings. The first kappa shape index (κ1) is 30.1. The normalized spacial score (nSPS) is 12.7. The Bertz CT molecular complexity index is 391. The molecule has 6 heteroatoms. The van der Waals surface area contributed by atoms with E-state index in [9.17, 15) is 13.0 Å². The number of hydrogen-bond acceptors (Lipinski definition) is 4. The molecule has 1 atom stereocenters.